The van der Waals surface area contributed by atoms with Gasteiger partial charge in [0.2, 0.25) is 17.7 Å². The van der Waals surface area contributed by atoms with Crippen LogP contribution in [0.25, 0.3) is 0 Å². The number of rotatable bonds is 6. The smallest absolute Gasteiger partial charge is 0.323 e. The number of halogens is 1. The predicted molar refractivity (Wildman–Crippen MR) is 107 cm³/mol. The Morgan fingerprint density at radius 3 is 2.63 bits per heavy atom. The van der Waals surface area contributed by atoms with Gasteiger partial charge < -0.3 is 9.84 Å². The van der Waals surface area contributed by atoms with Crippen molar-refractivity contribution >= 4 is 41.0 Å². The van der Waals surface area contributed by atoms with Crippen molar-refractivity contribution in [1.82, 2.24) is 4.90 Å². The number of carbonyl (C=O) groups is 4. The van der Waals surface area contributed by atoms with Gasteiger partial charge in [-0.1, -0.05) is 17.7 Å². The lowest BCUT2D eigenvalue weighted by Gasteiger charge is -2.22. The van der Waals surface area contributed by atoms with E-state index in [0.29, 0.717) is 5.76 Å². The summed E-state index contributed by atoms with van der Waals surface area (Å²) in [4.78, 5) is 52.6. The molecule has 2 aliphatic heterocycles. The van der Waals surface area contributed by atoms with E-state index < -0.39 is 35.7 Å². The third-order valence-corrected chi connectivity index (χ3v) is 5.72. The minimum Gasteiger partial charge on any atom is -0.492 e. The first-order chi connectivity index (χ1) is 14.3. The number of benzene rings is 1. The molecule has 156 valence electrons. The topological polar surface area (TPSA) is 104 Å². The van der Waals surface area contributed by atoms with Crippen molar-refractivity contribution in [3.63, 3.8) is 0 Å². The van der Waals surface area contributed by atoms with Crippen LogP contribution >= 0.6 is 11.6 Å². The number of hydrogen-bond acceptors (Lipinski definition) is 5. The molecule has 1 atom stereocenters. The zero-order chi connectivity index (χ0) is 21.5. The van der Waals surface area contributed by atoms with E-state index in [4.69, 9.17) is 16.3 Å². The van der Waals surface area contributed by atoms with Crippen LogP contribution in [-0.4, -0.2) is 53.4 Å². The molecule has 3 amide bonds. The van der Waals surface area contributed by atoms with Gasteiger partial charge in [-0.05, 0) is 43.2 Å². The Hall–Kier alpha value is -3.13. The van der Waals surface area contributed by atoms with Crippen LogP contribution < -0.4 is 4.90 Å². The first kappa shape index (κ1) is 20.2. The molecule has 8 nitrogen and oxygen atoms in total. The molecule has 1 aromatic rings. The first-order valence-corrected chi connectivity index (χ1v) is 9.90. The molecule has 0 radical (unpaired) electrons. The zero-order valence-corrected chi connectivity index (χ0v) is 16.7. The number of likely N-dealkylation sites (tertiary alicyclic amines) is 1. The van der Waals surface area contributed by atoms with Gasteiger partial charge >= 0.3 is 5.97 Å². The van der Waals surface area contributed by atoms with Crippen molar-refractivity contribution in [1.29, 1.82) is 0 Å². The number of hydrogen-bond donors (Lipinski definition) is 1. The van der Waals surface area contributed by atoms with E-state index in [-0.39, 0.29) is 35.8 Å². The second kappa shape index (κ2) is 7.60. The molecule has 0 bridgehead atoms. The molecule has 0 saturated carbocycles. The van der Waals surface area contributed by atoms with Crippen molar-refractivity contribution in [2.75, 3.05) is 24.6 Å². The summed E-state index contributed by atoms with van der Waals surface area (Å²) in [5.74, 6) is -2.45. The molecular formula is C21H19ClN2O6. The molecule has 1 unspecified atom stereocenters. The Bertz CT molecular complexity index is 1020. The van der Waals surface area contributed by atoms with Gasteiger partial charge in [0, 0.05) is 16.3 Å². The molecular weight excluding hydrogens is 412 g/mol. The van der Waals surface area contributed by atoms with Gasteiger partial charge in [0.05, 0.1) is 13.0 Å². The van der Waals surface area contributed by atoms with Gasteiger partial charge in [-0.2, -0.15) is 0 Å². The van der Waals surface area contributed by atoms with Crippen LogP contribution in [0.3, 0.4) is 0 Å². The minimum absolute atomic E-state index is 0.00724. The Balaban J connectivity index is 1.61. The number of aliphatic carboxylic acids is 1. The molecule has 1 aromatic carbocycles. The Kier molecular flexibility index (Phi) is 5.11. The van der Waals surface area contributed by atoms with Gasteiger partial charge in [0.1, 0.15) is 18.9 Å². The van der Waals surface area contributed by atoms with E-state index in [1.165, 1.54) is 18.2 Å². The second-order valence-electron chi connectivity index (χ2n) is 7.31. The van der Waals surface area contributed by atoms with E-state index in [0.717, 1.165) is 22.6 Å². The summed E-state index contributed by atoms with van der Waals surface area (Å²) in [5.41, 5.74) is -1.24. The number of carboxylic acids is 1. The predicted octanol–water partition coefficient (Wildman–Crippen LogP) is 2.02. The highest BCUT2D eigenvalue weighted by molar-refractivity contribution is 6.32. The number of anilines is 1. The summed E-state index contributed by atoms with van der Waals surface area (Å²) in [7, 11) is 0. The number of nitrogens with zero attached hydrogens (tertiary/aromatic N) is 2. The number of allylic oxidation sites excluding steroid dienone is 3. The molecule has 1 N–H and O–H groups in total. The van der Waals surface area contributed by atoms with E-state index >= 15 is 0 Å². The first-order valence-electron chi connectivity index (χ1n) is 9.52. The van der Waals surface area contributed by atoms with Crippen LogP contribution in [0.2, 0.25) is 5.02 Å². The average molecular weight is 431 g/mol. The van der Waals surface area contributed by atoms with E-state index in [1.54, 1.807) is 0 Å². The van der Waals surface area contributed by atoms with Crippen LogP contribution in [0.4, 0.5) is 5.69 Å². The maximum atomic E-state index is 13.3. The zero-order valence-electron chi connectivity index (χ0n) is 16.0. The highest BCUT2D eigenvalue weighted by Crippen LogP contribution is 2.49. The summed E-state index contributed by atoms with van der Waals surface area (Å²) in [6.45, 7) is -0.522. The molecule has 9 heteroatoms. The van der Waals surface area contributed by atoms with Crippen LogP contribution in [0.1, 0.15) is 24.8 Å². The largest absolute Gasteiger partial charge is 0.492 e. The molecule has 3 aliphatic rings. The molecule has 1 fully saturated rings. The lowest BCUT2D eigenvalue weighted by atomic mass is 9.80. The van der Waals surface area contributed by atoms with E-state index in [9.17, 15) is 24.3 Å². The fraction of sp³-hybridized carbons (Fsp3) is 0.333. The van der Waals surface area contributed by atoms with Crippen molar-refractivity contribution in [3.8, 4) is 0 Å². The monoisotopic (exact) mass is 430 g/mol. The van der Waals surface area contributed by atoms with Gasteiger partial charge in [-0.3, -0.25) is 29.0 Å². The van der Waals surface area contributed by atoms with Crippen LogP contribution in [-0.2, 0) is 29.3 Å². The van der Waals surface area contributed by atoms with Crippen molar-refractivity contribution in [2.24, 2.45) is 0 Å². The molecule has 4 rings (SSSR count). The minimum atomic E-state index is -1.78. The van der Waals surface area contributed by atoms with Crippen LogP contribution in [0, 0.1) is 0 Å². The Morgan fingerprint density at radius 1 is 1.17 bits per heavy atom. The highest BCUT2D eigenvalue weighted by atomic mass is 35.5. The Labute approximate surface area is 177 Å². The molecule has 2 heterocycles. The molecule has 1 saturated heterocycles. The van der Waals surface area contributed by atoms with Gasteiger partial charge in [-0.15, -0.1) is 0 Å². The number of carboxylic acid groups (broad SMARTS) is 1. The van der Waals surface area contributed by atoms with Crippen molar-refractivity contribution < 1.29 is 29.0 Å². The summed E-state index contributed by atoms with van der Waals surface area (Å²) >= 11 is 6.09. The molecule has 0 aromatic heterocycles. The fourth-order valence-electron chi connectivity index (χ4n) is 4.13. The average Bonchev–Trinajstić information content (AvgIpc) is 3.09. The number of amides is 3. The third-order valence-electron chi connectivity index (χ3n) is 5.49. The molecule has 1 aliphatic carbocycles. The number of imide groups is 1. The summed E-state index contributed by atoms with van der Waals surface area (Å²) in [6, 6.07) is 4.47. The fourth-order valence-corrected chi connectivity index (χ4v) is 4.30. The maximum Gasteiger partial charge on any atom is 0.323 e. The van der Waals surface area contributed by atoms with Crippen molar-refractivity contribution in [3.05, 3.63) is 52.8 Å². The number of carbonyl (C=O) groups excluding carboxylic acids is 3. The summed E-state index contributed by atoms with van der Waals surface area (Å²) < 4.78 is 5.62. The molecule has 1 spiro atoms. The summed E-state index contributed by atoms with van der Waals surface area (Å²) in [6.07, 6.45) is 7.18. The highest BCUT2D eigenvalue weighted by Gasteiger charge is 2.63. The second-order valence-corrected chi connectivity index (χ2v) is 7.75. The third kappa shape index (κ3) is 3.17. The van der Waals surface area contributed by atoms with E-state index in [1.807, 2.05) is 18.2 Å². The number of ether oxygens (including phenoxy) is 1. The van der Waals surface area contributed by atoms with Crippen LogP contribution in [0.15, 0.2) is 42.2 Å². The van der Waals surface area contributed by atoms with Crippen LogP contribution in [0.5, 0.6) is 0 Å². The summed E-state index contributed by atoms with van der Waals surface area (Å²) in [5, 5.41) is 9.49. The Morgan fingerprint density at radius 2 is 1.93 bits per heavy atom. The van der Waals surface area contributed by atoms with Gasteiger partial charge in [0.15, 0.2) is 5.41 Å². The van der Waals surface area contributed by atoms with Gasteiger partial charge in [-0.25, -0.2) is 0 Å². The lowest BCUT2D eigenvalue weighted by Crippen LogP contribution is -2.48. The van der Waals surface area contributed by atoms with E-state index in [2.05, 4.69) is 0 Å². The normalized spacial score (nSPS) is 22.7. The maximum absolute atomic E-state index is 13.3. The molecule has 30 heavy (non-hydrogen) atoms. The SMILES string of the molecule is O=C(O)CN1C(=O)C2(CC(=O)N(CCOC3=CCCC=C3)C2=O)c2cc(Cl)ccc21. The van der Waals surface area contributed by atoms with Gasteiger partial charge in [0.25, 0.3) is 0 Å². The van der Waals surface area contributed by atoms with Crippen molar-refractivity contribution in [2.45, 2.75) is 24.7 Å². The standard InChI is InChI=1S/C21H19ClN2O6/c22-13-6-7-16-15(10-13)21(20(29)24(16)12-18(26)27)11-17(25)23(19(21)28)8-9-30-14-4-2-1-3-5-14/h2,4-7,10H,1,3,8-9,11-12H2,(H,26,27). The quantitative estimate of drug-likeness (QED) is 0.547. The lowest BCUT2D eigenvalue weighted by molar-refractivity contribution is -0.143. The number of fused-ring (bicyclic) bond motifs is 2.